The van der Waals surface area contributed by atoms with Gasteiger partial charge in [-0.25, -0.2) is 4.79 Å². The monoisotopic (exact) mass is 395 g/mol. The second-order valence-corrected chi connectivity index (χ2v) is 7.35. The molecule has 0 unspecified atom stereocenters. The van der Waals surface area contributed by atoms with Crippen molar-refractivity contribution in [2.75, 3.05) is 44.0 Å². The van der Waals surface area contributed by atoms with Gasteiger partial charge in [0.1, 0.15) is 5.82 Å². The van der Waals surface area contributed by atoms with Gasteiger partial charge >= 0.3 is 5.69 Å². The fourth-order valence-corrected chi connectivity index (χ4v) is 3.57. The van der Waals surface area contributed by atoms with Crippen LogP contribution in [0.2, 0.25) is 0 Å². The number of nitrogens with one attached hydrogen (secondary N) is 1. The van der Waals surface area contributed by atoms with Crippen LogP contribution >= 0.6 is 0 Å². The Bertz CT molecular complexity index is 773. The largest absolute Gasteiger partial charge is 0.383 e. The minimum absolute atomic E-state index is 0.0262. The summed E-state index contributed by atoms with van der Waals surface area (Å²) in [6.45, 7) is 6.01. The number of H-pyrrole nitrogens is 1. The van der Waals surface area contributed by atoms with E-state index in [9.17, 15) is 14.4 Å². The van der Waals surface area contributed by atoms with Crippen molar-refractivity contribution in [3.8, 4) is 0 Å². The number of likely N-dealkylation sites (tertiary alicyclic amines) is 1. The average Bonchev–Trinajstić information content (AvgIpc) is 2.65. The number of piperidine rings is 1. The first-order valence-corrected chi connectivity index (χ1v) is 10.1. The van der Waals surface area contributed by atoms with E-state index in [4.69, 9.17) is 10.5 Å². The molecule has 0 aromatic carbocycles. The molecule has 0 spiro atoms. The van der Waals surface area contributed by atoms with E-state index in [2.05, 4.69) is 16.8 Å². The number of anilines is 2. The molecular formula is C19H33N5O4. The number of carbonyl (C=O) groups is 1. The van der Waals surface area contributed by atoms with E-state index in [0.29, 0.717) is 12.6 Å². The Morgan fingerprint density at radius 1 is 1.36 bits per heavy atom. The first-order chi connectivity index (χ1) is 13.4. The minimum Gasteiger partial charge on any atom is -0.383 e. The fourth-order valence-electron chi connectivity index (χ4n) is 3.57. The molecule has 9 nitrogen and oxygen atoms in total. The predicted octanol–water partition coefficient (Wildman–Crippen LogP) is 0.773. The maximum absolute atomic E-state index is 13.1. The number of hydrogen-bond donors (Lipinski definition) is 2. The Labute approximate surface area is 165 Å². The van der Waals surface area contributed by atoms with Crippen LogP contribution in [0.3, 0.4) is 0 Å². The van der Waals surface area contributed by atoms with Crippen molar-refractivity contribution >= 4 is 17.4 Å². The molecule has 2 rings (SSSR count). The Hall–Kier alpha value is -2.13. The van der Waals surface area contributed by atoms with Crippen LogP contribution in [-0.4, -0.2) is 59.8 Å². The first kappa shape index (κ1) is 22.2. The summed E-state index contributed by atoms with van der Waals surface area (Å²) in [5.41, 5.74) is 5.02. The van der Waals surface area contributed by atoms with Crippen molar-refractivity contribution in [2.45, 2.75) is 58.5 Å². The number of rotatable bonds is 9. The molecule has 28 heavy (non-hydrogen) atoms. The molecule has 1 aromatic heterocycles. The van der Waals surface area contributed by atoms with Gasteiger partial charge in [-0.3, -0.25) is 24.0 Å². The third kappa shape index (κ3) is 5.23. The molecule has 0 bridgehead atoms. The third-order valence-corrected chi connectivity index (χ3v) is 5.32. The SMILES string of the molecule is CCCCn1c(N)c(N(CCOC)C(=O)CN2CCCC[C@@H]2C)c(=O)[nH]c1=O. The van der Waals surface area contributed by atoms with Crippen LogP contribution in [0.5, 0.6) is 0 Å². The van der Waals surface area contributed by atoms with Gasteiger partial charge in [-0.15, -0.1) is 0 Å². The molecule has 1 aliphatic rings. The lowest BCUT2D eigenvalue weighted by atomic mass is 10.0. The molecular weight excluding hydrogens is 362 g/mol. The van der Waals surface area contributed by atoms with Crippen molar-refractivity contribution in [1.82, 2.24) is 14.5 Å². The summed E-state index contributed by atoms with van der Waals surface area (Å²) in [7, 11) is 1.53. The maximum atomic E-state index is 13.1. The van der Waals surface area contributed by atoms with E-state index in [1.165, 1.54) is 16.6 Å². The molecule has 3 N–H and O–H groups in total. The molecule has 2 heterocycles. The van der Waals surface area contributed by atoms with E-state index in [1.54, 1.807) is 0 Å². The number of nitrogens with zero attached hydrogens (tertiary/aromatic N) is 3. The Kier molecular flexibility index (Phi) is 8.25. The van der Waals surface area contributed by atoms with Gasteiger partial charge in [0.2, 0.25) is 5.91 Å². The average molecular weight is 396 g/mol. The summed E-state index contributed by atoms with van der Waals surface area (Å²) >= 11 is 0. The van der Waals surface area contributed by atoms with Gasteiger partial charge in [0.15, 0.2) is 5.69 Å². The van der Waals surface area contributed by atoms with E-state index >= 15 is 0 Å². The zero-order chi connectivity index (χ0) is 20.7. The van der Waals surface area contributed by atoms with Crippen LogP contribution in [0.1, 0.15) is 46.0 Å². The zero-order valence-corrected chi connectivity index (χ0v) is 17.2. The lowest BCUT2D eigenvalue weighted by molar-refractivity contribution is -0.120. The molecule has 0 radical (unpaired) electrons. The summed E-state index contributed by atoms with van der Waals surface area (Å²) < 4.78 is 6.45. The number of aromatic amines is 1. The van der Waals surface area contributed by atoms with E-state index < -0.39 is 11.2 Å². The summed E-state index contributed by atoms with van der Waals surface area (Å²) in [4.78, 5) is 43.6. The number of ether oxygens (including phenoxy) is 1. The van der Waals surface area contributed by atoms with Crippen molar-refractivity contribution in [3.05, 3.63) is 20.8 Å². The van der Waals surface area contributed by atoms with Crippen LogP contribution in [0.4, 0.5) is 11.5 Å². The van der Waals surface area contributed by atoms with Gasteiger partial charge in [-0.05, 0) is 32.7 Å². The summed E-state index contributed by atoms with van der Waals surface area (Å²) in [5, 5.41) is 0. The van der Waals surface area contributed by atoms with E-state index in [0.717, 1.165) is 38.6 Å². The van der Waals surface area contributed by atoms with Crippen molar-refractivity contribution in [2.24, 2.45) is 0 Å². The highest BCUT2D eigenvalue weighted by atomic mass is 16.5. The van der Waals surface area contributed by atoms with Gasteiger partial charge < -0.3 is 15.4 Å². The molecule has 1 saturated heterocycles. The molecule has 1 atom stereocenters. The Morgan fingerprint density at radius 2 is 2.11 bits per heavy atom. The number of nitrogens with two attached hydrogens (primary N) is 1. The van der Waals surface area contributed by atoms with Gasteiger partial charge in [0.25, 0.3) is 5.56 Å². The molecule has 158 valence electrons. The number of aromatic nitrogens is 2. The fraction of sp³-hybridized carbons (Fsp3) is 0.737. The molecule has 9 heteroatoms. The zero-order valence-electron chi connectivity index (χ0n) is 17.2. The smallest absolute Gasteiger partial charge is 0.330 e. The molecule has 1 aromatic rings. The Balaban J connectivity index is 2.37. The second kappa shape index (κ2) is 10.4. The lowest BCUT2D eigenvalue weighted by Crippen LogP contribution is -2.49. The summed E-state index contributed by atoms with van der Waals surface area (Å²) in [5.74, 6) is -0.193. The first-order valence-electron chi connectivity index (χ1n) is 10.1. The highest BCUT2D eigenvalue weighted by Crippen LogP contribution is 2.20. The molecule has 0 aliphatic carbocycles. The minimum atomic E-state index is -0.647. The predicted molar refractivity (Wildman–Crippen MR) is 110 cm³/mol. The van der Waals surface area contributed by atoms with Crippen molar-refractivity contribution < 1.29 is 9.53 Å². The number of carbonyl (C=O) groups excluding carboxylic acids is 1. The number of methoxy groups -OCH3 is 1. The number of amides is 1. The third-order valence-electron chi connectivity index (χ3n) is 5.32. The topological polar surface area (TPSA) is 114 Å². The normalized spacial score (nSPS) is 17.6. The highest BCUT2D eigenvalue weighted by molar-refractivity contribution is 5.96. The molecule has 1 amide bonds. The quantitative estimate of drug-likeness (QED) is 0.638. The van der Waals surface area contributed by atoms with Crippen LogP contribution in [0.15, 0.2) is 9.59 Å². The lowest BCUT2D eigenvalue weighted by Gasteiger charge is -2.34. The number of nitrogen functional groups attached to an aromatic ring is 1. The van der Waals surface area contributed by atoms with Crippen LogP contribution < -0.4 is 21.9 Å². The van der Waals surface area contributed by atoms with Crippen LogP contribution in [-0.2, 0) is 16.1 Å². The summed E-state index contributed by atoms with van der Waals surface area (Å²) in [6, 6.07) is 0.316. The van der Waals surface area contributed by atoms with Crippen LogP contribution in [0.25, 0.3) is 0 Å². The second-order valence-electron chi connectivity index (χ2n) is 7.35. The van der Waals surface area contributed by atoms with Gasteiger partial charge in [-0.2, -0.15) is 0 Å². The highest BCUT2D eigenvalue weighted by Gasteiger charge is 2.27. The molecule has 1 fully saturated rings. The van der Waals surface area contributed by atoms with Crippen molar-refractivity contribution in [3.63, 3.8) is 0 Å². The maximum Gasteiger partial charge on any atom is 0.330 e. The van der Waals surface area contributed by atoms with Gasteiger partial charge in [0, 0.05) is 26.2 Å². The number of unbranched alkanes of at least 4 members (excludes halogenated alkanes) is 1. The number of hydrogen-bond acceptors (Lipinski definition) is 6. The molecule has 1 aliphatic heterocycles. The van der Waals surface area contributed by atoms with Crippen LogP contribution in [0, 0.1) is 0 Å². The van der Waals surface area contributed by atoms with Gasteiger partial charge in [-0.1, -0.05) is 19.8 Å². The van der Waals surface area contributed by atoms with E-state index in [-0.39, 0.29) is 37.1 Å². The van der Waals surface area contributed by atoms with Crippen molar-refractivity contribution in [1.29, 1.82) is 0 Å². The van der Waals surface area contributed by atoms with Gasteiger partial charge in [0.05, 0.1) is 13.2 Å². The Morgan fingerprint density at radius 3 is 2.75 bits per heavy atom. The molecule has 0 saturated carbocycles. The summed E-state index contributed by atoms with van der Waals surface area (Å²) in [6.07, 6.45) is 4.89. The standard InChI is InChI=1S/C19H33N5O4/c1-4-5-10-24-17(20)16(18(26)21-19(24)27)23(11-12-28-3)15(25)13-22-9-7-6-8-14(22)2/h14H,4-13,20H2,1-3H3,(H,21,26,27)/t14-/m0/s1. The van der Waals surface area contributed by atoms with E-state index in [1.807, 2.05) is 6.92 Å².